The van der Waals surface area contributed by atoms with E-state index in [9.17, 15) is 14.4 Å². The molecule has 1 N–H and O–H groups in total. The summed E-state index contributed by atoms with van der Waals surface area (Å²) < 4.78 is 0. The zero-order chi connectivity index (χ0) is 19.3. The number of amides is 2. The van der Waals surface area contributed by atoms with E-state index in [1.165, 1.54) is 4.90 Å². The molecule has 0 bridgehead atoms. The Bertz CT molecular complexity index is 656. The van der Waals surface area contributed by atoms with Gasteiger partial charge < -0.3 is 14.9 Å². The van der Waals surface area contributed by atoms with Crippen LogP contribution in [-0.2, 0) is 9.59 Å². The number of rotatable bonds is 6. The van der Waals surface area contributed by atoms with Crippen LogP contribution in [0.15, 0.2) is 24.3 Å². The third-order valence-electron chi connectivity index (χ3n) is 5.07. The van der Waals surface area contributed by atoms with Gasteiger partial charge in [-0.3, -0.25) is 14.4 Å². The standard InChI is InChI=1S/C20H28N2O4/c1-4-15(3)22(13-18(23)24)20(26)17-6-5-11-21(12-17)19(25)16-9-7-14(2)8-10-16/h7-10,15,17H,4-6,11-13H2,1-3H3,(H,23,24). The van der Waals surface area contributed by atoms with E-state index in [-0.39, 0.29) is 30.3 Å². The Morgan fingerprint density at radius 2 is 1.92 bits per heavy atom. The summed E-state index contributed by atoms with van der Waals surface area (Å²) in [7, 11) is 0. The van der Waals surface area contributed by atoms with Crippen LogP contribution in [-0.4, -0.2) is 58.4 Å². The van der Waals surface area contributed by atoms with E-state index < -0.39 is 5.97 Å². The smallest absolute Gasteiger partial charge is 0.323 e. The molecule has 2 rings (SSSR count). The van der Waals surface area contributed by atoms with Crippen molar-refractivity contribution in [1.82, 2.24) is 9.80 Å². The quantitative estimate of drug-likeness (QED) is 0.846. The Morgan fingerprint density at radius 3 is 2.50 bits per heavy atom. The van der Waals surface area contributed by atoms with Gasteiger partial charge in [-0.25, -0.2) is 0 Å². The van der Waals surface area contributed by atoms with Crippen molar-refractivity contribution in [2.75, 3.05) is 19.6 Å². The Kier molecular flexibility index (Phi) is 6.77. The molecule has 0 spiro atoms. The number of aliphatic carboxylic acids is 1. The number of carbonyl (C=O) groups is 3. The minimum atomic E-state index is -1.01. The van der Waals surface area contributed by atoms with E-state index in [1.807, 2.05) is 32.9 Å². The topological polar surface area (TPSA) is 77.9 Å². The molecular weight excluding hydrogens is 332 g/mol. The van der Waals surface area contributed by atoms with Crippen LogP contribution in [0.4, 0.5) is 0 Å². The summed E-state index contributed by atoms with van der Waals surface area (Å²) in [6, 6.07) is 7.27. The van der Waals surface area contributed by atoms with Crippen LogP contribution >= 0.6 is 0 Å². The zero-order valence-electron chi connectivity index (χ0n) is 15.8. The first-order valence-corrected chi connectivity index (χ1v) is 9.21. The van der Waals surface area contributed by atoms with E-state index in [0.29, 0.717) is 31.5 Å². The summed E-state index contributed by atoms with van der Waals surface area (Å²) in [5, 5.41) is 9.13. The molecule has 1 aliphatic heterocycles. The minimum absolute atomic E-state index is 0.0733. The van der Waals surface area contributed by atoms with Crippen LogP contribution in [0.3, 0.4) is 0 Å². The number of likely N-dealkylation sites (tertiary alicyclic amines) is 1. The number of piperidine rings is 1. The van der Waals surface area contributed by atoms with E-state index in [1.54, 1.807) is 17.0 Å². The first-order chi connectivity index (χ1) is 12.3. The van der Waals surface area contributed by atoms with Crippen molar-refractivity contribution >= 4 is 17.8 Å². The molecule has 2 unspecified atom stereocenters. The Hall–Kier alpha value is -2.37. The highest BCUT2D eigenvalue weighted by Crippen LogP contribution is 2.22. The monoisotopic (exact) mass is 360 g/mol. The van der Waals surface area contributed by atoms with Crippen molar-refractivity contribution in [2.45, 2.75) is 46.1 Å². The average Bonchev–Trinajstić information content (AvgIpc) is 2.65. The fourth-order valence-corrected chi connectivity index (χ4v) is 3.29. The van der Waals surface area contributed by atoms with Gasteiger partial charge in [0.15, 0.2) is 0 Å². The molecule has 0 radical (unpaired) electrons. The number of carboxylic acid groups (broad SMARTS) is 1. The van der Waals surface area contributed by atoms with Crippen LogP contribution in [0.5, 0.6) is 0 Å². The number of benzene rings is 1. The average molecular weight is 360 g/mol. The van der Waals surface area contributed by atoms with Crippen LogP contribution < -0.4 is 0 Å². The molecule has 1 fully saturated rings. The molecule has 0 saturated carbocycles. The SMILES string of the molecule is CCC(C)N(CC(=O)O)C(=O)C1CCCN(C(=O)c2ccc(C)cc2)C1. The molecular formula is C20H28N2O4. The zero-order valence-corrected chi connectivity index (χ0v) is 15.8. The number of hydrogen-bond donors (Lipinski definition) is 1. The number of nitrogens with zero attached hydrogens (tertiary/aromatic N) is 2. The Morgan fingerprint density at radius 1 is 1.27 bits per heavy atom. The fourth-order valence-electron chi connectivity index (χ4n) is 3.29. The second kappa shape index (κ2) is 8.83. The van der Waals surface area contributed by atoms with Gasteiger partial charge in [-0.05, 0) is 45.2 Å². The van der Waals surface area contributed by atoms with Crippen LogP contribution in [0.2, 0.25) is 0 Å². The Balaban J connectivity index is 2.10. The molecule has 1 aromatic rings. The van der Waals surface area contributed by atoms with Gasteiger partial charge in [0.25, 0.3) is 5.91 Å². The maximum absolute atomic E-state index is 12.9. The summed E-state index contributed by atoms with van der Waals surface area (Å²) in [4.78, 5) is 39.9. The lowest BCUT2D eigenvalue weighted by Crippen LogP contribution is -2.50. The van der Waals surface area contributed by atoms with Gasteiger partial charge in [-0.2, -0.15) is 0 Å². The van der Waals surface area contributed by atoms with E-state index in [0.717, 1.165) is 12.0 Å². The molecule has 142 valence electrons. The molecule has 0 aromatic heterocycles. The van der Waals surface area contributed by atoms with Gasteiger partial charge in [-0.1, -0.05) is 24.6 Å². The van der Waals surface area contributed by atoms with Crippen molar-refractivity contribution in [1.29, 1.82) is 0 Å². The highest BCUT2D eigenvalue weighted by Gasteiger charge is 2.33. The second-order valence-corrected chi connectivity index (χ2v) is 7.07. The third kappa shape index (κ3) is 4.84. The van der Waals surface area contributed by atoms with E-state index in [4.69, 9.17) is 5.11 Å². The minimum Gasteiger partial charge on any atom is -0.480 e. The summed E-state index contributed by atoms with van der Waals surface area (Å²) in [6.45, 7) is 6.43. The summed E-state index contributed by atoms with van der Waals surface area (Å²) in [6.07, 6.45) is 2.12. The van der Waals surface area contributed by atoms with Gasteiger partial charge in [-0.15, -0.1) is 0 Å². The van der Waals surface area contributed by atoms with Crippen molar-refractivity contribution in [3.05, 3.63) is 35.4 Å². The van der Waals surface area contributed by atoms with E-state index in [2.05, 4.69) is 0 Å². The highest BCUT2D eigenvalue weighted by atomic mass is 16.4. The van der Waals surface area contributed by atoms with Gasteiger partial charge in [0, 0.05) is 24.7 Å². The van der Waals surface area contributed by atoms with Gasteiger partial charge in [0.2, 0.25) is 5.91 Å². The third-order valence-corrected chi connectivity index (χ3v) is 5.07. The van der Waals surface area contributed by atoms with Crippen LogP contribution in [0, 0.1) is 12.8 Å². The van der Waals surface area contributed by atoms with Crippen molar-refractivity contribution < 1.29 is 19.5 Å². The van der Waals surface area contributed by atoms with Gasteiger partial charge in [0.1, 0.15) is 6.54 Å². The molecule has 2 amide bonds. The lowest BCUT2D eigenvalue weighted by molar-refractivity contribution is -0.149. The largest absolute Gasteiger partial charge is 0.480 e. The molecule has 2 atom stereocenters. The van der Waals surface area contributed by atoms with E-state index >= 15 is 0 Å². The van der Waals surface area contributed by atoms with Crippen LogP contribution in [0.1, 0.15) is 49.0 Å². The predicted molar refractivity (Wildman–Crippen MR) is 98.9 cm³/mol. The molecule has 0 aliphatic carbocycles. The van der Waals surface area contributed by atoms with Gasteiger partial charge in [0.05, 0.1) is 5.92 Å². The maximum Gasteiger partial charge on any atom is 0.323 e. The second-order valence-electron chi connectivity index (χ2n) is 7.07. The normalized spacial score (nSPS) is 18.3. The number of carbonyl (C=O) groups excluding carboxylic acids is 2. The molecule has 6 heteroatoms. The first-order valence-electron chi connectivity index (χ1n) is 9.21. The molecule has 6 nitrogen and oxygen atoms in total. The highest BCUT2D eigenvalue weighted by molar-refractivity contribution is 5.95. The van der Waals surface area contributed by atoms with Crippen molar-refractivity contribution in [2.24, 2.45) is 5.92 Å². The number of carboxylic acids is 1. The molecule has 1 heterocycles. The number of hydrogen-bond acceptors (Lipinski definition) is 3. The summed E-state index contributed by atoms with van der Waals surface area (Å²) >= 11 is 0. The Labute approximate surface area is 154 Å². The fraction of sp³-hybridized carbons (Fsp3) is 0.550. The predicted octanol–water partition coefficient (Wildman–Crippen LogP) is 2.56. The van der Waals surface area contributed by atoms with Crippen molar-refractivity contribution in [3.63, 3.8) is 0 Å². The molecule has 1 aromatic carbocycles. The number of aryl methyl sites for hydroxylation is 1. The lowest BCUT2D eigenvalue weighted by atomic mass is 9.95. The summed E-state index contributed by atoms with van der Waals surface area (Å²) in [5.41, 5.74) is 1.71. The molecule has 1 saturated heterocycles. The van der Waals surface area contributed by atoms with Gasteiger partial charge >= 0.3 is 5.97 Å². The lowest BCUT2D eigenvalue weighted by Gasteiger charge is -2.36. The maximum atomic E-state index is 12.9. The molecule has 1 aliphatic rings. The molecule has 26 heavy (non-hydrogen) atoms. The van der Waals surface area contributed by atoms with Crippen LogP contribution in [0.25, 0.3) is 0 Å². The summed E-state index contributed by atoms with van der Waals surface area (Å²) in [5.74, 6) is -1.59. The van der Waals surface area contributed by atoms with Crippen molar-refractivity contribution in [3.8, 4) is 0 Å². The first kappa shape index (κ1) is 19.9.